The zero-order chi connectivity index (χ0) is 9.72. The number of primary amides is 1. The zero-order valence-electron chi connectivity index (χ0n) is 6.32. The molecule has 1 atom stereocenters. The van der Waals surface area contributed by atoms with Crippen LogP contribution in [0.3, 0.4) is 0 Å². The molecule has 0 rings (SSSR count). The Balaban J connectivity index is 3.87. The van der Waals surface area contributed by atoms with Gasteiger partial charge in [-0.2, -0.15) is 0 Å². The van der Waals surface area contributed by atoms with Crippen molar-refractivity contribution >= 4 is 17.7 Å². The number of nitrogens with two attached hydrogens (primary N) is 2. The number of aliphatic carboxylic acids is 1. The lowest BCUT2D eigenvalue weighted by Gasteiger charge is -2.04. The molecule has 0 spiro atoms. The number of carboxylic acid groups (broad SMARTS) is 1. The maximum Gasteiger partial charge on any atom is 0.303 e. The Morgan fingerprint density at radius 2 is 1.83 bits per heavy atom. The van der Waals surface area contributed by atoms with E-state index in [2.05, 4.69) is 5.73 Å². The van der Waals surface area contributed by atoms with E-state index in [-0.39, 0.29) is 12.8 Å². The van der Waals surface area contributed by atoms with E-state index < -0.39 is 23.7 Å². The van der Waals surface area contributed by atoms with Crippen LogP contribution in [0.1, 0.15) is 12.8 Å². The van der Waals surface area contributed by atoms with Crippen LogP contribution < -0.4 is 11.5 Å². The summed E-state index contributed by atoms with van der Waals surface area (Å²) in [6.45, 7) is 0. The summed E-state index contributed by atoms with van der Waals surface area (Å²) in [7, 11) is 0. The van der Waals surface area contributed by atoms with Gasteiger partial charge in [0.05, 0.1) is 6.04 Å². The minimum Gasteiger partial charge on any atom is -0.481 e. The molecule has 1 amide bonds. The minimum absolute atomic E-state index is 0.0723. The van der Waals surface area contributed by atoms with Crippen LogP contribution in [0.25, 0.3) is 0 Å². The molecule has 0 saturated carbocycles. The molecule has 0 heterocycles. The predicted molar refractivity (Wildman–Crippen MR) is 39.0 cm³/mol. The van der Waals surface area contributed by atoms with Crippen LogP contribution in [0.5, 0.6) is 0 Å². The highest BCUT2D eigenvalue weighted by Crippen LogP contribution is 1.95. The normalized spacial score (nSPS) is 12.1. The SMILES string of the molecule is NC(=O)C(=O)[C@@H](N)CCC(=O)O. The molecule has 0 aromatic carbocycles. The Hall–Kier alpha value is -1.43. The minimum atomic E-state index is -1.13. The molecule has 0 saturated heterocycles. The molecule has 0 aliphatic carbocycles. The number of carbonyl (C=O) groups excluding carboxylic acids is 2. The number of rotatable bonds is 5. The van der Waals surface area contributed by atoms with E-state index in [9.17, 15) is 14.4 Å². The van der Waals surface area contributed by atoms with Gasteiger partial charge in [0, 0.05) is 6.42 Å². The number of amides is 1. The fraction of sp³-hybridized carbons (Fsp3) is 0.500. The summed E-state index contributed by atoms with van der Waals surface area (Å²) < 4.78 is 0. The smallest absolute Gasteiger partial charge is 0.303 e. The van der Waals surface area contributed by atoms with Gasteiger partial charge in [-0.15, -0.1) is 0 Å². The Morgan fingerprint density at radius 1 is 1.33 bits per heavy atom. The summed E-state index contributed by atoms with van der Waals surface area (Å²) in [6, 6.07) is -1.10. The second-order valence-corrected chi connectivity index (χ2v) is 2.27. The second-order valence-electron chi connectivity index (χ2n) is 2.27. The van der Waals surface area contributed by atoms with E-state index in [1.807, 2.05) is 0 Å². The lowest BCUT2D eigenvalue weighted by molar-refractivity contribution is -0.139. The van der Waals surface area contributed by atoms with Crippen molar-refractivity contribution in [3.8, 4) is 0 Å². The Bertz CT molecular complexity index is 214. The molecule has 0 aromatic heterocycles. The molecule has 0 aliphatic heterocycles. The summed E-state index contributed by atoms with van der Waals surface area (Å²) in [5.74, 6) is -3.13. The highest BCUT2D eigenvalue weighted by molar-refractivity contribution is 6.37. The monoisotopic (exact) mass is 174 g/mol. The van der Waals surface area contributed by atoms with Gasteiger partial charge in [-0.05, 0) is 6.42 Å². The van der Waals surface area contributed by atoms with E-state index in [0.29, 0.717) is 0 Å². The van der Waals surface area contributed by atoms with Gasteiger partial charge < -0.3 is 16.6 Å². The Labute approximate surface area is 68.5 Å². The van der Waals surface area contributed by atoms with Crippen molar-refractivity contribution in [2.75, 3.05) is 0 Å². The molecule has 6 nitrogen and oxygen atoms in total. The van der Waals surface area contributed by atoms with E-state index in [1.54, 1.807) is 0 Å². The number of hydrogen-bond donors (Lipinski definition) is 3. The van der Waals surface area contributed by atoms with Gasteiger partial charge in [0.15, 0.2) is 0 Å². The van der Waals surface area contributed by atoms with Crippen molar-refractivity contribution in [2.45, 2.75) is 18.9 Å². The molecule has 12 heavy (non-hydrogen) atoms. The first-order chi connectivity index (χ1) is 5.45. The van der Waals surface area contributed by atoms with Crippen LogP contribution in [0, 0.1) is 0 Å². The molecule has 68 valence electrons. The molecule has 0 aromatic rings. The van der Waals surface area contributed by atoms with Crippen molar-refractivity contribution in [1.29, 1.82) is 0 Å². The fourth-order valence-corrected chi connectivity index (χ4v) is 0.593. The van der Waals surface area contributed by atoms with Gasteiger partial charge in [-0.25, -0.2) is 0 Å². The number of ketones is 1. The summed E-state index contributed by atoms with van der Waals surface area (Å²) in [4.78, 5) is 30.9. The highest BCUT2D eigenvalue weighted by Gasteiger charge is 2.19. The van der Waals surface area contributed by atoms with Crippen LogP contribution in [-0.4, -0.2) is 28.8 Å². The van der Waals surface area contributed by atoms with Gasteiger partial charge in [0.2, 0.25) is 5.78 Å². The molecule has 0 aliphatic rings. The fourth-order valence-electron chi connectivity index (χ4n) is 0.593. The average molecular weight is 174 g/mol. The largest absolute Gasteiger partial charge is 0.481 e. The van der Waals surface area contributed by atoms with Crippen LogP contribution in [0.15, 0.2) is 0 Å². The van der Waals surface area contributed by atoms with E-state index in [1.165, 1.54) is 0 Å². The third-order valence-corrected chi connectivity index (χ3v) is 1.25. The van der Waals surface area contributed by atoms with E-state index in [0.717, 1.165) is 0 Å². The standard InChI is InChI=1S/C6H10N2O4/c7-3(1-2-4(9)10)5(11)6(8)12/h3H,1-2,7H2,(H2,8,12)(H,9,10)/t3-/m0/s1. The van der Waals surface area contributed by atoms with Gasteiger partial charge >= 0.3 is 5.97 Å². The topological polar surface area (TPSA) is 123 Å². The molecule has 0 bridgehead atoms. The van der Waals surface area contributed by atoms with Crippen LogP contribution in [0.4, 0.5) is 0 Å². The van der Waals surface area contributed by atoms with Crippen molar-refractivity contribution in [3.63, 3.8) is 0 Å². The summed E-state index contributed by atoms with van der Waals surface area (Å²) in [5.41, 5.74) is 9.78. The van der Waals surface area contributed by atoms with Crippen molar-refractivity contribution in [2.24, 2.45) is 11.5 Å². The number of Topliss-reactive ketones (excluding diaryl/α,β-unsaturated/α-hetero) is 1. The van der Waals surface area contributed by atoms with Gasteiger partial charge in [0.1, 0.15) is 0 Å². The summed E-state index contributed by atoms with van der Waals surface area (Å²) >= 11 is 0. The first-order valence-corrected chi connectivity index (χ1v) is 3.26. The molecule has 5 N–H and O–H groups in total. The summed E-state index contributed by atoms with van der Waals surface area (Å²) in [5, 5.41) is 8.20. The van der Waals surface area contributed by atoms with Crippen LogP contribution in [0.2, 0.25) is 0 Å². The predicted octanol–water partition coefficient (Wildman–Crippen LogP) is -1.77. The van der Waals surface area contributed by atoms with Crippen molar-refractivity contribution < 1.29 is 19.5 Å². The third-order valence-electron chi connectivity index (χ3n) is 1.25. The van der Waals surface area contributed by atoms with E-state index in [4.69, 9.17) is 10.8 Å². The number of hydrogen-bond acceptors (Lipinski definition) is 4. The Morgan fingerprint density at radius 3 is 2.17 bits per heavy atom. The van der Waals surface area contributed by atoms with Crippen LogP contribution >= 0.6 is 0 Å². The first kappa shape index (κ1) is 10.6. The summed E-state index contributed by atoms with van der Waals surface area (Å²) in [6.07, 6.45) is -0.322. The maximum atomic E-state index is 10.7. The van der Waals surface area contributed by atoms with Crippen molar-refractivity contribution in [1.82, 2.24) is 0 Å². The lowest BCUT2D eigenvalue weighted by atomic mass is 10.1. The molecule has 0 radical (unpaired) electrons. The Kier molecular flexibility index (Phi) is 3.92. The zero-order valence-corrected chi connectivity index (χ0v) is 6.32. The van der Waals surface area contributed by atoms with Gasteiger partial charge in [-0.1, -0.05) is 0 Å². The van der Waals surface area contributed by atoms with Crippen molar-refractivity contribution in [3.05, 3.63) is 0 Å². The molecule has 6 heteroatoms. The first-order valence-electron chi connectivity index (χ1n) is 3.26. The lowest BCUT2D eigenvalue weighted by Crippen LogP contribution is -2.39. The number of carbonyl (C=O) groups is 3. The quantitative estimate of drug-likeness (QED) is 0.425. The van der Waals surface area contributed by atoms with Crippen LogP contribution in [-0.2, 0) is 14.4 Å². The molecular weight excluding hydrogens is 164 g/mol. The maximum absolute atomic E-state index is 10.7. The second kappa shape index (κ2) is 4.45. The van der Waals surface area contributed by atoms with Gasteiger partial charge in [0.25, 0.3) is 5.91 Å². The molecule has 0 fully saturated rings. The number of carboxylic acids is 1. The molecule has 0 unspecified atom stereocenters. The third kappa shape index (κ3) is 3.67. The molecular formula is C6H10N2O4. The average Bonchev–Trinajstić information content (AvgIpc) is 1.98. The van der Waals surface area contributed by atoms with E-state index >= 15 is 0 Å². The van der Waals surface area contributed by atoms with Gasteiger partial charge in [-0.3, -0.25) is 14.4 Å². The highest BCUT2D eigenvalue weighted by atomic mass is 16.4.